The van der Waals surface area contributed by atoms with Gasteiger partial charge in [-0.3, -0.25) is 0 Å². The average Bonchev–Trinajstić information content (AvgIpc) is 2.73. The molecule has 19 heavy (non-hydrogen) atoms. The minimum atomic E-state index is -0.584. The number of ether oxygens (including phenoxy) is 6. The minimum absolute atomic E-state index is 0.127. The third-order valence-corrected chi connectivity index (χ3v) is 2.94. The summed E-state index contributed by atoms with van der Waals surface area (Å²) in [6.45, 7) is 6.70. The maximum atomic E-state index is 5.85. The van der Waals surface area contributed by atoms with Crippen molar-refractivity contribution in [3.63, 3.8) is 0 Å². The SMILES string of the molecule is CC[C@@H](OCOC)[C@H](OCOC)[C@@H]1COC(C)(C)O1. The van der Waals surface area contributed by atoms with Crippen LogP contribution in [0.15, 0.2) is 0 Å². The van der Waals surface area contributed by atoms with Crippen molar-refractivity contribution >= 4 is 0 Å². The zero-order chi connectivity index (χ0) is 14.3. The van der Waals surface area contributed by atoms with Crippen molar-refractivity contribution in [2.45, 2.75) is 51.3 Å². The summed E-state index contributed by atoms with van der Waals surface area (Å²) in [7, 11) is 3.18. The summed E-state index contributed by atoms with van der Waals surface area (Å²) in [6.07, 6.45) is 0.240. The van der Waals surface area contributed by atoms with Crippen molar-refractivity contribution in [1.82, 2.24) is 0 Å². The van der Waals surface area contributed by atoms with Crippen LogP contribution in [0.5, 0.6) is 0 Å². The first-order chi connectivity index (χ1) is 9.04. The van der Waals surface area contributed by atoms with Gasteiger partial charge in [-0.15, -0.1) is 0 Å². The van der Waals surface area contributed by atoms with Crippen LogP contribution in [0.3, 0.4) is 0 Å². The van der Waals surface area contributed by atoms with Gasteiger partial charge in [0.05, 0.1) is 12.7 Å². The van der Waals surface area contributed by atoms with E-state index in [1.807, 2.05) is 20.8 Å². The van der Waals surface area contributed by atoms with Gasteiger partial charge < -0.3 is 28.4 Å². The quantitative estimate of drug-likeness (QED) is 0.596. The third kappa shape index (κ3) is 5.33. The van der Waals surface area contributed by atoms with Crippen LogP contribution in [0.25, 0.3) is 0 Å². The van der Waals surface area contributed by atoms with Crippen LogP contribution in [0.2, 0.25) is 0 Å². The van der Waals surface area contributed by atoms with Gasteiger partial charge in [0.2, 0.25) is 0 Å². The Kier molecular flexibility index (Phi) is 7.20. The lowest BCUT2D eigenvalue weighted by Crippen LogP contribution is -2.43. The zero-order valence-corrected chi connectivity index (χ0v) is 12.5. The highest BCUT2D eigenvalue weighted by Gasteiger charge is 2.41. The number of hydrogen-bond donors (Lipinski definition) is 0. The van der Waals surface area contributed by atoms with E-state index in [2.05, 4.69) is 0 Å². The highest BCUT2D eigenvalue weighted by molar-refractivity contribution is 4.84. The molecule has 1 fully saturated rings. The fourth-order valence-electron chi connectivity index (χ4n) is 2.08. The molecule has 0 N–H and O–H groups in total. The van der Waals surface area contributed by atoms with Gasteiger partial charge in [-0.25, -0.2) is 0 Å². The van der Waals surface area contributed by atoms with Crippen molar-refractivity contribution in [2.24, 2.45) is 0 Å². The van der Waals surface area contributed by atoms with Crippen LogP contribution >= 0.6 is 0 Å². The molecule has 1 rings (SSSR count). The van der Waals surface area contributed by atoms with E-state index in [4.69, 9.17) is 28.4 Å². The first-order valence-electron chi connectivity index (χ1n) is 6.57. The summed E-state index contributed by atoms with van der Waals surface area (Å²) in [5.41, 5.74) is 0. The molecule has 0 aromatic carbocycles. The molecular weight excluding hydrogens is 252 g/mol. The van der Waals surface area contributed by atoms with E-state index in [0.717, 1.165) is 6.42 Å². The molecule has 0 radical (unpaired) electrons. The van der Waals surface area contributed by atoms with Crippen LogP contribution in [0.4, 0.5) is 0 Å². The van der Waals surface area contributed by atoms with E-state index in [9.17, 15) is 0 Å². The topological polar surface area (TPSA) is 55.4 Å². The van der Waals surface area contributed by atoms with Gasteiger partial charge in [-0.05, 0) is 20.3 Å². The molecule has 0 unspecified atom stereocenters. The average molecular weight is 278 g/mol. The second-order valence-corrected chi connectivity index (χ2v) is 4.92. The molecule has 0 aliphatic carbocycles. The summed E-state index contributed by atoms with van der Waals surface area (Å²) in [5, 5.41) is 0. The molecule has 1 heterocycles. The Bertz CT molecular complexity index is 245. The summed E-state index contributed by atoms with van der Waals surface area (Å²) in [6, 6.07) is 0. The molecule has 1 aliphatic rings. The van der Waals surface area contributed by atoms with Crippen molar-refractivity contribution in [3.8, 4) is 0 Å². The standard InChI is InChI=1S/C13H26O6/c1-6-10(16-8-14-4)12(17-9-15-5)11-7-18-13(2,3)19-11/h10-12H,6-9H2,1-5H3/t10-,11+,12+/m1/s1. The Balaban J connectivity index is 2.63. The van der Waals surface area contributed by atoms with Gasteiger partial charge in [0.25, 0.3) is 0 Å². The van der Waals surface area contributed by atoms with Gasteiger partial charge in [0.1, 0.15) is 25.8 Å². The highest BCUT2D eigenvalue weighted by atomic mass is 16.8. The molecule has 0 saturated carbocycles. The second kappa shape index (κ2) is 8.14. The molecule has 1 aliphatic heterocycles. The third-order valence-electron chi connectivity index (χ3n) is 2.94. The normalized spacial score (nSPS) is 25.4. The van der Waals surface area contributed by atoms with Crippen molar-refractivity contribution in [2.75, 3.05) is 34.4 Å². The molecule has 0 bridgehead atoms. The lowest BCUT2D eigenvalue weighted by atomic mass is 10.1. The zero-order valence-electron chi connectivity index (χ0n) is 12.5. The first-order valence-corrected chi connectivity index (χ1v) is 6.57. The fourth-order valence-corrected chi connectivity index (χ4v) is 2.08. The molecule has 6 nitrogen and oxygen atoms in total. The second-order valence-electron chi connectivity index (χ2n) is 4.92. The van der Waals surface area contributed by atoms with Gasteiger partial charge >= 0.3 is 0 Å². The van der Waals surface area contributed by atoms with Gasteiger partial charge in [-0.1, -0.05) is 6.92 Å². The maximum Gasteiger partial charge on any atom is 0.163 e. The Morgan fingerprint density at radius 2 is 1.79 bits per heavy atom. The number of rotatable bonds is 9. The maximum absolute atomic E-state index is 5.85. The predicted octanol–water partition coefficient (Wildman–Crippen LogP) is 1.53. The summed E-state index contributed by atoms with van der Waals surface area (Å²) in [5.74, 6) is -0.584. The Hall–Kier alpha value is -0.240. The van der Waals surface area contributed by atoms with Gasteiger partial charge in [0, 0.05) is 14.2 Å². The van der Waals surface area contributed by atoms with E-state index >= 15 is 0 Å². The highest BCUT2D eigenvalue weighted by Crippen LogP contribution is 2.28. The van der Waals surface area contributed by atoms with E-state index < -0.39 is 5.79 Å². The van der Waals surface area contributed by atoms with Gasteiger partial charge in [-0.2, -0.15) is 0 Å². The Labute approximate surface area is 115 Å². The Morgan fingerprint density at radius 1 is 1.16 bits per heavy atom. The number of hydrogen-bond acceptors (Lipinski definition) is 6. The molecular formula is C13H26O6. The van der Waals surface area contributed by atoms with Crippen LogP contribution in [-0.2, 0) is 28.4 Å². The van der Waals surface area contributed by atoms with Crippen LogP contribution in [0.1, 0.15) is 27.2 Å². The minimum Gasteiger partial charge on any atom is -0.359 e. The molecule has 1 saturated heterocycles. The summed E-state index contributed by atoms with van der Waals surface area (Å²) >= 11 is 0. The smallest absolute Gasteiger partial charge is 0.163 e. The largest absolute Gasteiger partial charge is 0.359 e. The van der Waals surface area contributed by atoms with E-state index in [-0.39, 0.29) is 31.9 Å². The molecule has 6 heteroatoms. The lowest BCUT2D eigenvalue weighted by Gasteiger charge is -2.30. The molecule has 0 amide bonds. The van der Waals surface area contributed by atoms with Crippen LogP contribution in [0, 0.1) is 0 Å². The van der Waals surface area contributed by atoms with Gasteiger partial charge in [0.15, 0.2) is 5.79 Å². The molecule has 0 aromatic rings. The summed E-state index contributed by atoms with van der Waals surface area (Å²) in [4.78, 5) is 0. The molecule has 114 valence electrons. The monoisotopic (exact) mass is 278 g/mol. The van der Waals surface area contributed by atoms with Crippen LogP contribution < -0.4 is 0 Å². The molecule has 0 spiro atoms. The lowest BCUT2D eigenvalue weighted by molar-refractivity contribution is -0.205. The summed E-state index contributed by atoms with van der Waals surface area (Å²) < 4.78 is 32.7. The Morgan fingerprint density at radius 3 is 2.26 bits per heavy atom. The van der Waals surface area contributed by atoms with Crippen molar-refractivity contribution in [3.05, 3.63) is 0 Å². The van der Waals surface area contributed by atoms with E-state index in [1.165, 1.54) is 0 Å². The van der Waals surface area contributed by atoms with E-state index in [1.54, 1.807) is 14.2 Å². The van der Waals surface area contributed by atoms with E-state index in [0.29, 0.717) is 6.61 Å². The molecule has 3 atom stereocenters. The molecule has 0 aromatic heterocycles. The van der Waals surface area contributed by atoms with Crippen molar-refractivity contribution in [1.29, 1.82) is 0 Å². The van der Waals surface area contributed by atoms with Crippen LogP contribution in [-0.4, -0.2) is 58.5 Å². The van der Waals surface area contributed by atoms with Crippen molar-refractivity contribution < 1.29 is 28.4 Å². The first kappa shape index (κ1) is 16.8. The predicted molar refractivity (Wildman–Crippen MR) is 68.7 cm³/mol. The fraction of sp³-hybridized carbons (Fsp3) is 1.00. The number of methoxy groups -OCH3 is 2.